The molecule has 0 saturated carbocycles. The molecule has 3 aromatic rings. The average molecular weight is 681 g/mol. The van der Waals surface area contributed by atoms with Gasteiger partial charge in [-0.25, -0.2) is 0 Å². The third-order valence-corrected chi connectivity index (χ3v) is 7.03. The summed E-state index contributed by atoms with van der Waals surface area (Å²) >= 11 is 0. The van der Waals surface area contributed by atoms with E-state index in [4.69, 9.17) is 0 Å². The van der Waals surface area contributed by atoms with Gasteiger partial charge < -0.3 is 15.6 Å². The molecule has 0 spiro atoms. The van der Waals surface area contributed by atoms with Crippen LogP contribution in [0.5, 0.6) is 0 Å². The molecule has 0 aliphatic heterocycles. The van der Waals surface area contributed by atoms with Gasteiger partial charge in [0.1, 0.15) is 11.4 Å². The van der Waals surface area contributed by atoms with Gasteiger partial charge in [0.15, 0.2) is 0 Å². The fourth-order valence-electron chi connectivity index (χ4n) is 4.56. The molecule has 0 unspecified atom stereocenters. The first kappa shape index (κ1) is 38.8. The number of hydrogen-bond acceptors (Lipinski definition) is 9. The van der Waals surface area contributed by atoms with Gasteiger partial charge in [-0.15, -0.1) is 0 Å². The molecule has 0 atom stereocenters. The van der Waals surface area contributed by atoms with E-state index in [0.717, 1.165) is 0 Å². The topological polar surface area (TPSA) is 144 Å². The van der Waals surface area contributed by atoms with Crippen molar-refractivity contribution in [1.29, 1.82) is 0 Å². The Bertz CT molecular complexity index is 1930. The maximum Gasteiger partial charge on any atom is 0.270 e. The second-order valence-electron chi connectivity index (χ2n) is 15.2. The molecule has 264 valence electrons. The summed E-state index contributed by atoms with van der Waals surface area (Å²) in [5, 5.41) is 41.4. The number of anilines is 2. The van der Waals surface area contributed by atoms with Crippen LogP contribution >= 0.6 is 0 Å². The molecule has 1 heterocycles. The van der Waals surface area contributed by atoms with Gasteiger partial charge in [-0.3, -0.25) is 24.9 Å². The number of aryl methyl sites for hydroxylation is 1. The summed E-state index contributed by atoms with van der Waals surface area (Å²) in [5.41, 5.74) is 3.39. The Hall–Kier alpha value is -5.62. The molecule has 0 amide bonds. The highest BCUT2D eigenvalue weighted by Gasteiger charge is 2.24. The van der Waals surface area contributed by atoms with E-state index in [2.05, 4.69) is 64.9 Å². The molecule has 3 rings (SSSR count). The quantitative estimate of drug-likeness (QED) is 0.0857. The molecular weight excluding hydrogens is 632 g/mol. The number of hydrogen-bond donors (Lipinski definition) is 2. The van der Waals surface area contributed by atoms with Gasteiger partial charge in [0, 0.05) is 104 Å². The largest absolute Gasteiger partial charge is 0.384 e. The maximum absolute atomic E-state index is 11.8. The molecule has 0 fully saturated rings. The highest BCUT2D eigenvalue weighted by molar-refractivity contribution is 6.18. The standard InChI is InChI=1S/C38H48N8O4/c1-26(17-19-36(2,3)4)34(41-43(10)11)30-21-28(45(47)48)13-15-32(30)39-24-38(8,9)25-40-33-16-14-29(46(49)50)22-31(33)35-27(23-44(12)42-35)18-20-37(5,6)7/h13-16,21-23,39-40H,1,24-25H2,2-12H3/b41-34+. The Kier molecular flexibility index (Phi) is 11.9. The molecule has 0 aliphatic rings. The molecule has 50 heavy (non-hydrogen) atoms. The van der Waals surface area contributed by atoms with Crippen molar-refractivity contribution in [3.8, 4) is 34.9 Å². The first-order chi connectivity index (χ1) is 23.0. The highest BCUT2D eigenvalue weighted by atomic mass is 16.6. The maximum atomic E-state index is 11.8. The summed E-state index contributed by atoms with van der Waals surface area (Å²) in [7, 11) is 5.32. The van der Waals surface area contributed by atoms with E-state index in [9.17, 15) is 20.2 Å². The van der Waals surface area contributed by atoms with E-state index in [-0.39, 0.29) is 27.6 Å². The number of rotatable bonds is 12. The zero-order valence-electron chi connectivity index (χ0n) is 31.0. The number of nitro groups is 2. The van der Waals surface area contributed by atoms with Crippen molar-refractivity contribution in [2.75, 3.05) is 37.8 Å². The van der Waals surface area contributed by atoms with Crippen molar-refractivity contribution >= 4 is 28.5 Å². The third kappa shape index (κ3) is 11.2. The minimum atomic E-state index is -0.443. The number of nitrogens with zero attached hydrogens (tertiary/aromatic N) is 6. The van der Waals surface area contributed by atoms with Crippen molar-refractivity contribution in [3.05, 3.63) is 86.1 Å². The Balaban J connectivity index is 1.97. The predicted molar refractivity (Wildman–Crippen MR) is 202 cm³/mol. The van der Waals surface area contributed by atoms with E-state index >= 15 is 0 Å². The van der Waals surface area contributed by atoms with Crippen molar-refractivity contribution in [2.24, 2.45) is 28.4 Å². The van der Waals surface area contributed by atoms with Crippen LogP contribution in [0.25, 0.3) is 11.3 Å². The van der Waals surface area contributed by atoms with Gasteiger partial charge in [0.25, 0.3) is 11.4 Å². The van der Waals surface area contributed by atoms with Gasteiger partial charge >= 0.3 is 0 Å². The molecule has 2 N–H and O–H groups in total. The monoisotopic (exact) mass is 680 g/mol. The smallest absolute Gasteiger partial charge is 0.270 e. The number of hydrazone groups is 1. The molecule has 0 saturated heterocycles. The van der Waals surface area contributed by atoms with Crippen molar-refractivity contribution in [3.63, 3.8) is 0 Å². The molecule has 2 aromatic carbocycles. The first-order valence-electron chi connectivity index (χ1n) is 16.2. The van der Waals surface area contributed by atoms with Gasteiger partial charge in [-0.1, -0.05) is 44.1 Å². The van der Waals surface area contributed by atoms with Crippen LogP contribution in [0.1, 0.15) is 66.5 Å². The number of nitrogens with one attached hydrogen (secondary N) is 2. The fourth-order valence-corrected chi connectivity index (χ4v) is 4.56. The number of benzene rings is 2. The average Bonchev–Trinajstić information content (AvgIpc) is 3.38. The lowest BCUT2D eigenvalue weighted by Crippen LogP contribution is -2.31. The zero-order chi connectivity index (χ0) is 37.6. The molecule has 0 radical (unpaired) electrons. The fraction of sp³-hybridized carbons (Fsp3) is 0.421. The minimum Gasteiger partial charge on any atom is -0.384 e. The molecule has 0 aliphatic carbocycles. The van der Waals surface area contributed by atoms with E-state index in [1.807, 2.05) is 47.7 Å². The van der Waals surface area contributed by atoms with Crippen LogP contribution in [-0.4, -0.2) is 57.5 Å². The molecule has 0 bridgehead atoms. The van der Waals surface area contributed by atoms with Gasteiger partial charge in [0.2, 0.25) is 0 Å². The molecule has 12 heteroatoms. The Labute approximate surface area is 295 Å². The summed E-state index contributed by atoms with van der Waals surface area (Å²) < 4.78 is 1.65. The molecule has 12 nitrogen and oxygen atoms in total. The normalized spacial score (nSPS) is 11.9. The van der Waals surface area contributed by atoms with Crippen molar-refractivity contribution < 1.29 is 9.85 Å². The summed E-state index contributed by atoms with van der Waals surface area (Å²) in [5.74, 6) is 12.7. The minimum absolute atomic E-state index is 0.0541. The molecular formula is C38H48N8O4. The van der Waals surface area contributed by atoms with Gasteiger partial charge in [0.05, 0.1) is 15.4 Å². The lowest BCUT2D eigenvalue weighted by molar-refractivity contribution is -0.385. The summed E-state index contributed by atoms with van der Waals surface area (Å²) in [6.07, 6.45) is 1.81. The van der Waals surface area contributed by atoms with Crippen LogP contribution in [0.2, 0.25) is 0 Å². The molecule has 1 aromatic heterocycles. The van der Waals surface area contributed by atoms with Crippen LogP contribution < -0.4 is 10.6 Å². The number of non-ortho nitro benzene ring substituents is 2. The van der Waals surface area contributed by atoms with Crippen LogP contribution in [0.3, 0.4) is 0 Å². The second-order valence-corrected chi connectivity index (χ2v) is 15.2. The summed E-state index contributed by atoms with van der Waals surface area (Å²) in [4.78, 5) is 22.7. The van der Waals surface area contributed by atoms with Crippen LogP contribution in [0.15, 0.2) is 59.8 Å². The number of aromatic nitrogens is 2. The Morgan fingerprint density at radius 3 is 1.98 bits per heavy atom. The van der Waals surface area contributed by atoms with Crippen LogP contribution in [0, 0.1) is 60.2 Å². The van der Waals surface area contributed by atoms with Crippen LogP contribution in [0.4, 0.5) is 22.7 Å². The van der Waals surface area contributed by atoms with E-state index in [1.165, 1.54) is 24.3 Å². The van der Waals surface area contributed by atoms with E-state index in [0.29, 0.717) is 58.1 Å². The predicted octanol–water partition coefficient (Wildman–Crippen LogP) is 7.72. The summed E-state index contributed by atoms with van der Waals surface area (Å²) in [6, 6.07) is 9.27. The SMILES string of the molecule is C=C(C#CC(C)(C)C)/C(=N\N(C)C)c1cc([N+](=O)[O-])ccc1NCC(C)(C)CNc1ccc([N+](=O)[O-])cc1-c1nn(C)cc1C#CC(C)(C)C. The van der Waals surface area contributed by atoms with Crippen LogP contribution in [-0.2, 0) is 7.05 Å². The van der Waals surface area contributed by atoms with E-state index < -0.39 is 9.85 Å². The lowest BCUT2D eigenvalue weighted by atomic mass is 9.92. The highest BCUT2D eigenvalue weighted by Crippen LogP contribution is 2.34. The second kappa shape index (κ2) is 15.3. The first-order valence-corrected chi connectivity index (χ1v) is 16.2. The Morgan fingerprint density at radius 1 is 0.900 bits per heavy atom. The Morgan fingerprint density at radius 2 is 1.44 bits per heavy atom. The van der Waals surface area contributed by atoms with Gasteiger partial charge in [-0.2, -0.15) is 10.2 Å². The van der Waals surface area contributed by atoms with Gasteiger partial charge in [-0.05, 0) is 59.1 Å². The lowest BCUT2D eigenvalue weighted by Gasteiger charge is -2.28. The van der Waals surface area contributed by atoms with E-state index in [1.54, 1.807) is 43.0 Å². The number of nitro benzene ring substituents is 2. The zero-order valence-corrected chi connectivity index (χ0v) is 31.0. The van der Waals surface area contributed by atoms with Crippen molar-refractivity contribution in [1.82, 2.24) is 14.8 Å². The number of allylic oxidation sites excluding steroid dienone is 1. The summed E-state index contributed by atoms with van der Waals surface area (Å²) in [6.45, 7) is 21.2. The van der Waals surface area contributed by atoms with Crippen molar-refractivity contribution in [2.45, 2.75) is 55.4 Å². The third-order valence-electron chi connectivity index (χ3n) is 7.03.